The Bertz CT molecular complexity index is 366. The van der Waals surface area contributed by atoms with E-state index in [1.807, 2.05) is 0 Å². The predicted octanol–water partition coefficient (Wildman–Crippen LogP) is 3.29. The van der Waals surface area contributed by atoms with Gasteiger partial charge < -0.3 is 10.4 Å². The first-order valence-electron chi connectivity index (χ1n) is 6.54. The van der Waals surface area contributed by atoms with Crippen LogP contribution >= 0.6 is 11.3 Å². The quantitative estimate of drug-likeness (QED) is 0.676. The van der Waals surface area contributed by atoms with Crippen molar-refractivity contribution in [2.24, 2.45) is 0 Å². The summed E-state index contributed by atoms with van der Waals surface area (Å²) in [6, 6.07) is 0.455. The number of nitrogens with zero attached hydrogens (tertiary/aromatic N) is 1. The lowest BCUT2D eigenvalue weighted by atomic mass is 10.1. The van der Waals surface area contributed by atoms with E-state index in [9.17, 15) is 4.79 Å². The molecule has 0 radical (unpaired) electrons. The largest absolute Gasteiger partial charge is 0.476 e. The van der Waals surface area contributed by atoms with Gasteiger partial charge in [-0.25, -0.2) is 9.78 Å². The van der Waals surface area contributed by atoms with Gasteiger partial charge in [0, 0.05) is 18.0 Å². The van der Waals surface area contributed by atoms with Crippen LogP contribution in [0, 0.1) is 0 Å². The maximum absolute atomic E-state index is 10.7. The van der Waals surface area contributed by atoms with Crippen molar-refractivity contribution < 1.29 is 9.90 Å². The van der Waals surface area contributed by atoms with Crippen molar-refractivity contribution in [1.29, 1.82) is 0 Å². The highest BCUT2D eigenvalue weighted by molar-refractivity contribution is 7.11. The van der Waals surface area contributed by atoms with Crippen LogP contribution in [0.3, 0.4) is 0 Å². The van der Waals surface area contributed by atoms with Crippen LogP contribution in [0.2, 0.25) is 0 Å². The molecule has 0 aromatic carbocycles. The molecule has 0 amide bonds. The number of aromatic nitrogens is 1. The lowest BCUT2D eigenvalue weighted by Gasteiger charge is -2.12. The normalized spacial score (nSPS) is 12.6. The Kier molecular flexibility index (Phi) is 6.90. The van der Waals surface area contributed by atoms with E-state index in [4.69, 9.17) is 5.11 Å². The first kappa shape index (κ1) is 15.1. The molecule has 0 saturated carbocycles. The summed E-state index contributed by atoms with van der Waals surface area (Å²) >= 11 is 1.18. The first-order valence-corrected chi connectivity index (χ1v) is 7.42. The van der Waals surface area contributed by atoms with E-state index in [-0.39, 0.29) is 5.01 Å². The van der Waals surface area contributed by atoms with Crippen molar-refractivity contribution in [3.05, 3.63) is 16.1 Å². The molecule has 5 heteroatoms. The molecular formula is C13H22N2O2S. The molecule has 1 aromatic heterocycles. The molecule has 0 fully saturated rings. The summed E-state index contributed by atoms with van der Waals surface area (Å²) in [6.07, 6.45) is 6.27. The summed E-state index contributed by atoms with van der Waals surface area (Å²) in [7, 11) is 0. The fourth-order valence-corrected chi connectivity index (χ4v) is 2.40. The smallest absolute Gasteiger partial charge is 0.365 e. The molecular weight excluding hydrogens is 248 g/mol. The molecule has 0 aliphatic heterocycles. The van der Waals surface area contributed by atoms with Gasteiger partial charge in [0.15, 0.2) is 0 Å². The maximum Gasteiger partial charge on any atom is 0.365 e. The monoisotopic (exact) mass is 270 g/mol. The van der Waals surface area contributed by atoms with E-state index >= 15 is 0 Å². The highest BCUT2D eigenvalue weighted by Gasteiger charge is 2.09. The van der Waals surface area contributed by atoms with Crippen LogP contribution in [-0.4, -0.2) is 22.1 Å². The average Bonchev–Trinajstić information content (AvgIpc) is 2.81. The zero-order valence-corrected chi connectivity index (χ0v) is 11.9. The van der Waals surface area contributed by atoms with Crippen molar-refractivity contribution >= 4 is 17.3 Å². The fourth-order valence-electron chi connectivity index (χ4n) is 1.74. The van der Waals surface area contributed by atoms with E-state index in [2.05, 4.69) is 24.1 Å². The second-order valence-electron chi connectivity index (χ2n) is 4.58. The third kappa shape index (κ3) is 5.60. The molecule has 0 spiro atoms. The van der Waals surface area contributed by atoms with Gasteiger partial charge in [0.2, 0.25) is 5.01 Å². The molecule has 0 aliphatic rings. The van der Waals surface area contributed by atoms with Crippen molar-refractivity contribution in [3.8, 4) is 0 Å². The van der Waals surface area contributed by atoms with E-state index in [1.54, 1.807) is 5.38 Å². The molecule has 1 unspecified atom stereocenters. The summed E-state index contributed by atoms with van der Waals surface area (Å²) in [4.78, 5) is 14.7. The second-order valence-corrected chi connectivity index (χ2v) is 5.44. The lowest BCUT2D eigenvalue weighted by molar-refractivity contribution is 0.0696. The minimum atomic E-state index is -0.945. The molecule has 1 atom stereocenters. The third-order valence-electron chi connectivity index (χ3n) is 2.86. The third-order valence-corrected chi connectivity index (χ3v) is 3.74. The van der Waals surface area contributed by atoms with Crippen molar-refractivity contribution in [1.82, 2.24) is 10.3 Å². The molecule has 0 saturated heterocycles. The lowest BCUT2D eigenvalue weighted by Crippen LogP contribution is -2.25. The summed E-state index contributed by atoms with van der Waals surface area (Å²) in [5, 5.41) is 14.1. The van der Waals surface area contributed by atoms with Gasteiger partial charge in [-0.1, -0.05) is 32.6 Å². The van der Waals surface area contributed by atoms with Gasteiger partial charge in [0.25, 0.3) is 0 Å². The molecule has 102 valence electrons. The Morgan fingerprint density at radius 3 is 2.89 bits per heavy atom. The Morgan fingerprint density at radius 1 is 1.50 bits per heavy atom. The average molecular weight is 270 g/mol. The van der Waals surface area contributed by atoms with Crippen LogP contribution in [0.15, 0.2) is 5.38 Å². The highest BCUT2D eigenvalue weighted by atomic mass is 32.1. The van der Waals surface area contributed by atoms with Gasteiger partial charge in [-0.3, -0.25) is 0 Å². The number of carboxylic acid groups (broad SMARTS) is 1. The second kappa shape index (κ2) is 8.21. The van der Waals surface area contributed by atoms with E-state index < -0.39 is 5.97 Å². The fraction of sp³-hybridized carbons (Fsp3) is 0.692. The van der Waals surface area contributed by atoms with Crippen molar-refractivity contribution in [3.63, 3.8) is 0 Å². The SMILES string of the molecule is CCCCCCC(C)NCc1csc(C(=O)O)n1. The molecule has 0 aliphatic carbocycles. The van der Waals surface area contributed by atoms with Gasteiger partial charge >= 0.3 is 5.97 Å². The number of rotatable bonds is 9. The number of unbranched alkanes of at least 4 members (excludes halogenated alkanes) is 3. The Hall–Kier alpha value is -0.940. The Balaban J connectivity index is 2.20. The number of thiazole rings is 1. The number of aromatic carboxylic acids is 1. The molecule has 18 heavy (non-hydrogen) atoms. The van der Waals surface area contributed by atoms with Crippen LogP contribution in [0.5, 0.6) is 0 Å². The minimum absolute atomic E-state index is 0.169. The first-order chi connectivity index (χ1) is 8.63. The number of carbonyl (C=O) groups is 1. The molecule has 4 nitrogen and oxygen atoms in total. The van der Waals surface area contributed by atoms with Gasteiger partial charge in [-0.15, -0.1) is 11.3 Å². The summed E-state index contributed by atoms with van der Waals surface area (Å²) in [5.74, 6) is -0.945. The molecule has 1 heterocycles. The predicted molar refractivity (Wildman–Crippen MR) is 74.1 cm³/mol. The van der Waals surface area contributed by atoms with Crippen LogP contribution in [0.1, 0.15) is 61.4 Å². The number of nitrogens with one attached hydrogen (secondary N) is 1. The highest BCUT2D eigenvalue weighted by Crippen LogP contribution is 2.10. The maximum atomic E-state index is 10.7. The molecule has 1 aromatic rings. The number of hydrogen-bond acceptors (Lipinski definition) is 4. The number of hydrogen-bond donors (Lipinski definition) is 2. The van der Waals surface area contributed by atoms with E-state index in [0.717, 1.165) is 12.1 Å². The summed E-state index contributed by atoms with van der Waals surface area (Å²) in [5.41, 5.74) is 0.817. The standard InChI is InChI=1S/C13H22N2O2S/c1-3-4-5-6-7-10(2)14-8-11-9-18-12(15-11)13(16)17/h9-10,14H,3-8H2,1-2H3,(H,16,17). The van der Waals surface area contributed by atoms with Crippen molar-refractivity contribution in [2.75, 3.05) is 0 Å². The van der Waals surface area contributed by atoms with Gasteiger partial charge in [0.1, 0.15) is 0 Å². The summed E-state index contributed by atoms with van der Waals surface area (Å²) < 4.78 is 0. The Morgan fingerprint density at radius 2 is 2.28 bits per heavy atom. The minimum Gasteiger partial charge on any atom is -0.476 e. The summed E-state index contributed by atoms with van der Waals surface area (Å²) in [6.45, 7) is 5.03. The van der Waals surface area contributed by atoms with Crippen LogP contribution in [0.4, 0.5) is 0 Å². The van der Waals surface area contributed by atoms with Gasteiger partial charge in [0.05, 0.1) is 5.69 Å². The van der Waals surface area contributed by atoms with E-state index in [0.29, 0.717) is 12.6 Å². The van der Waals surface area contributed by atoms with Crippen LogP contribution < -0.4 is 5.32 Å². The zero-order valence-electron chi connectivity index (χ0n) is 11.1. The molecule has 0 bridgehead atoms. The van der Waals surface area contributed by atoms with Crippen LogP contribution in [-0.2, 0) is 6.54 Å². The number of carboxylic acids is 1. The Labute approximate surface area is 112 Å². The zero-order chi connectivity index (χ0) is 13.4. The molecule has 2 N–H and O–H groups in total. The van der Waals surface area contributed by atoms with Gasteiger partial charge in [-0.2, -0.15) is 0 Å². The van der Waals surface area contributed by atoms with E-state index in [1.165, 1.54) is 37.0 Å². The van der Waals surface area contributed by atoms with Gasteiger partial charge in [-0.05, 0) is 13.3 Å². The van der Waals surface area contributed by atoms with Crippen molar-refractivity contribution in [2.45, 2.75) is 58.5 Å². The molecule has 1 rings (SSSR count). The van der Waals surface area contributed by atoms with Crippen LogP contribution in [0.25, 0.3) is 0 Å². The topological polar surface area (TPSA) is 62.2 Å².